The summed E-state index contributed by atoms with van der Waals surface area (Å²) in [7, 11) is 1.59. The molecule has 0 radical (unpaired) electrons. The molecule has 1 aromatic heterocycles. The third-order valence-corrected chi connectivity index (χ3v) is 4.88. The van der Waals surface area contributed by atoms with Gasteiger partial charge in [0, 0.05) is 20.1 Å². The predicted octanol–water partition coefficient (Wildman–Crippen LogP) is 2.50. The summed E-state index contributed by atoms with van der Waals surface area (Å²) < 4.78 is 12.5. The quantitative estimate of drug-likeness (QED) is 0.824. The molecule has 0 N–H and O–H groups in total. The maximum absolute atomic E-state index is 12.0. The van der Waals surface area contributed by atoms with Crippen LogP contribution < -0.4 is 19.9 Å². The Morgan fingerprint density at radius 1 is 1.20 bits per heavy atom. The van der Waals surface area contributed by atoms with Gasteiger partial charge in [0.1, 0.15) is 18.2 Å². The van der Waals surface area contributed by atoms with Crippen LogP contribution in [0.2, 0.25) is 5.02 Å². The van der Waals surface area contributed by atoms with E-state index in [1.165, 1.54) is 10.3 Å². The van der Waals surface area contributed by atoms with E-state index in [9.17, 15) is 4.79 Å². The lowest BCUT2D eigenvalue weighted by Crippen LogP contribution is -2.31. The van der Waals surface area contributed by atoms with Gasteiger partial charge in [-0.15, -0.1) is 0 Å². The molecule has 25 heavy (non-hydrogen) atoms. The van der Waals surface area contributed by atoms with Gasteiger partial charge in [0.25, 0.3) is 5.56 Å². The Labute approximate surface area is 150 Å². The van der Waals surface area contributed by atoms with Crippen LogP contribution in [0.15, 0.2) is 35.3 Å². The molecule has 0 aliphatic carbocycles. The highest BCUT2D eigenvalue weighted by atomic mass is 35.5. The number of aryl methyl sites for hydroxylation is 1. The first-order valence-electron chi connectivity index (χ1n) is 8.19. The number of hydrogen-bond donors (Lipinski definition) is 0. The molecule has 0 fully saturated rings. The number of anilines is 1. The molecule has 0 unspecified atom stereocenters. The second-order valence-electron chi connectivity index (χ2n) is 6.06. The van der Waals surface area contributed by atoms with Gasteiger partial charge >= 0.3 is 0 Å². The molecule has 2 aliphatic heterocycles. The Bertz CT molecular complexity index is 907. The van der Waals surface area contributed by atoms with Crippen LogP contribution in [0.25, 0.3) is 5.57 Å². The fourth-order valence-electron chi connectivity index (χ4n) is 3.12. The highest BCUT2D eigenvalue weighted by Crippen LogP contribution is 2.35. The normalized spacial score (nSPS) is 16.6. The Kier molecular flexibility index (Phi) is 4.13. The minimum atomic E-state index is -0.277. The Morgan fingerprint density at radius 2 is 2.00 bits per heavy atom. The van der Waals surface area contributed by atoms with Crippen molar-refractivity contribution in [1.29, 1.82) is 0 Å². The van der Waals surface area contributed by atoms with Crippen LogP contribution >= 0.6 is 11.6 Å². The fourth-order valence-corrected chi connectivity index (χ4v) is 3.41. The second-order valence-corrected chi connectivity index (χ2v) is 6.43. The Morgan fingerprint density at radius 3 is 2.76 bits per heavy atom. The van der Waals surface area contributed by atoms with Gasteiger partial charge in [0.15, 0.2) is 11.5 Å². The summed E-state index contributed by atoms with van der Waals surface area (Å²) in [6.07, 6.45) is 4.65. The maximum Gasteiger partial charge on any atom is 0.287 e. The van der Waals surface area contributed by atoms with Crippen molar-refractivity contribution < 1.29 is 9.47 Å². The van der Waals surface area contributed by atoms with Crippen LogP contribution in [-0.2, 0) is 7.05 Å². The maximum atomic E-state index is 12.0. The molecule has 0 bridgehead atoms. The number of ether oxygens (including phenoxy) is 2. The van der Waals surface area contributed by atoms with Crippen molar-refractivity contribution in [2.75, 3.05) is 31.2 Å². The van der Waals surface area contributed by atoms with E-state index < -0.39 is 0 Å². The summed E-state index contributed by atoms with van der Waals surface area (Å²) >= 11 is 6.20. The van der Waals surface area contributed by atoms with Crippen LogP contribution in [0.1, 0.15) is 12.0 Å². The van der Waals surface area contributed by atoms with Crippen molar-refractivity contribution in [3.05, 3.63) is 51.4 Å². The van der Waals surface area contributed by atoms with Crippen LogP contribution in [0.5, 0.6) is 11.5 Å². The van der Waals surface area contributed by atoms with Crippen LogP contribution in [0, 0.1) is 0 Å². The average molecular weight is 360 g/mol. The molecule has 130 valence electrons. The van der Waals surface area contributed by atoms with Crippen molar-refractivity contribution in [3.8, 4) is 11.5 Å². The lowest BCUT2D eigenvalue weighted by Gasteiger charge is -2.29. The molecule has 2 aliphatic rings. The summed E-state index contributed by atoms with van der Waals surface area (Å²) in [5, 5.41) is 4.28. The molecular formula is C18H18ClN3O3. The van der Waals surface area contributed by atoms with Gasteiger partial charge < -0.3 is 14.4 Å². The van der Waals surface area contributed by atoms with Gasteiger partial charge in [-0.3, -0.25) is 4.79 Å². The third-order valence-electron chi connectivity index (χ3n) is 4.52. The van der Waals surface area contributed by atoms with E-state index in [2.05, 4.69) is 22.1 Å². The van der Waals surface area contributed by atoms with Crippen molar-refractivity contribution in [1.82, 2.24) is 9.78 Å². The third kappa shape index (κ3) is 2.98. The fraction of sp³-hybridized carbons (Fsp3) is 0.333. The summed E-state index contributed by atoms with van der Waals surface area (Å²) in [6, 6.07) is 6.04. The smallest absolute Gasteiger partial charge is 0.287 e. The van der Waals surface area contributed by atoms with E-state index >= 15 is 0 Å². The van der Waals surface area contributed by atoms with E-state index in [1.54, 1.807) is 13.2 Å². The van der Waals surface area contributed by atoms with Gasteiger partial charge in [0.2, 0.25) is 0 Å². The van der Waals surface area contributed by atoms with Crippen LogP contribution in [0.3, 0.4) is 0 Å². The van der Waals surface area contributed by atoms with Gasteiger partial charge in [0.05, 0.1) is 11.9 Å². The monoisotopic (exact) mass is 359 g/mol. The number of rotatable bonds is 2. The average Bonchev–Trinajstić information content (AvgIpc) is 2.66. The molecule has 3 heterocycles. The van der Waals surface area contributed by atoms with Crippen LogP contribution in [0.4, 0.5) is 5.69 Å². The molecule has 0 amide bonds. The largest absolute Gasteiger partial charge is 0.486 e. The SMILES string of the molecule is Cn1ncc(N2CC=C(c3ccc4c(c3)OCCO4)CC2)c(Cl)c1=O. The predicted molar refractivity (Wildman–Crippen MR) is 96.7 cm³/mol. The van der Waals surface area contributed by atoms with E-state index in [4.69, 9.17) is 21.1 Å². The summed E-state index contributed by atoms with van der Waals surface area (Å²) in [5.74, 6) is 1.59. The molecule has 0 saturated carbocycles. The zero-order valence-electron chi connectivity index (χ0n) is 13.9. The topological polar surface area (TPSA) is 56.6 Å². The van der Waals surface area contributed by atoms with E-state index in [-0.39, 0.29) is 10.6 Å². The molecular weight excluding hydrogens is 342 g/mol. The number of nitrogens with zero attached hydrogens (tertiary/aromatic N) is 3. The molecule has 0 spiro atoms. The van der Waals surface area contributed by atoms with Gasteiger partial charge in [-0.2, -0.15) is 5.10 Å². The highest BCUT2D eigenvalue weighted by molar-refractivity contribution is 6.33. The first kappa shape index (κ1) is 16.0. The standard InChI is InChI=1S/C18H18ClN3O3/c1-21-18(23)17(19)14(11-20-21)22-6-4-12(5-7-22)13-2-3-15-16(10-13)25-9-8-24-15/h2-4,10-11H,5-9H2,1H3. The molecule has 0 saturated heterocycles. The molecule has 0 atom stereocenters. The lowest BCUT2D eigenvalue weighted by molar-refractivity contribution is 0.171. The van der Waals surface area contributed by atoms with Gasteiger partial charge in [-0.05, 0) is 29.7 Å². The summed E-state index contributed by atoms with van der Waals surface area (Å²) in [4.78, 5) is 14.0. The van der Waals surface area contributed by atoms with E-state index in [0.717, 1.165) is 30.0 Å². The van der Waals surface area contributed by atoms with Crippen molar-refractivity contribution >= 4 is 22.9 Å². The zero-order chi connectivity index (χ0) is 17.4. The number of benzene rings is 1. The van der Waals surface area contributed by atoms with Gasteiger partial charge in [-0.1, -0.05) is 23.7 Å². The first-order valence-corrected chi connectivity index (χ1v) is 8.57. The second kappa shape index (κ2) is 6.44. The number of fused-ring (bicyclic) bond motifs is 1. The minimum absolute atomic E-state index is 0.216. The minimum Gasteiger partial charge on any atom is -0.486 e. The van der Waals surface area contributed by atoms with Gasteiger partial charge in [-0.25, -0.2) is 4.68 Å². The summed E-state index contributed by atoms with van der Waals surface area (Å²) in [6.45, 7) is 2.63. The molecule has 2 aromatic rings. The van der Waals surface area contributed by atoms with Crippen molar-refractivity contribution in [2.45, 2.75) is 6.42 Å². The van der Waals surface area contributed by atoms with Crippen molar-refractivity contribution in [2.24, 2.45) is 7.05 Å². The molecule has 7 heteroatoms. The Balaban J connectivity index is 1.57. The number of halogens is 1. The molecule has 6 nitrogen and oxygen atoms in total. The van der Waals surface area contributed by atoms with Crippen molar-refractivity contribution in [3.63, 3.8) is 0 Å². The lowest BCUT2D eigenvalue weighted by atomic mass is 9.98. The highest BCUT2D eigenvalue weighted by Gasteiger charge is 2.19. The van der Waals surface area contributed by atoms with Crippen LogP contribution in [-0.4, -0.2) is 36.1 Å². The Hall–Kier alpha value is -2.47. The zero-order valence-corrected chi connectivity index (χ0v) is 14.6. The molecule has 4 rings (SSSR count). The van der Waals surface area contributed by atoms with E-state index in [1.807, 2.05) is 12.1 Å². The number of hydrogen-bond acceptors (Lipinski definition) is 5. The summed E-state index contributed by atoms with van der Waals surface area (Å²) in [5.41, 5.74) is 2.79. The number of aromatic nitrogens is 2. The molecule has 1 aromatic carbocycles. The first-order chi connectivity index (χ1) is 12.1. The van der Waals surface area contributed by atoms with E-state index in [0.29, 0.717) is 25.4 Å².